The van der Waals surface area contributed by atoms with Gasteiger partial charge in [0.1, 0.15) is 21.2 Å². The van der Waals surface area contributed by atoms with Gasteiger partial charge in [-0.15, -0.1) is 0 Å². The van der Waals surface area contributed by atoms with E-state index in [0.29, 0.717) is 0 Å². The minimum Gasteiger partial charge on any atom is -0.477 e. The minimum atomic E-state index is -1.37. The molecule has 9 nitrogen and oxygen atoms in total. The molecule has 0 aliphatic rings. The van der Waals surface area contributed by atoms with E-state index in [2.05, 4.69) is 0 Å². The lowest BCUT2D eigenvalue weighted by Crippen LogP contribution is -2.02. The SMILES string of the molecule is O=C(Cl)c1cccc(Cl)c1[N+](=O)[O-].O=C(O)c1cccc(Cl)c1[N+](=O)[O-]. The van der Waals surface area contributed by atoms with Gasteiger partial charge in [0.15, 0.2) is 0 Å². The van der Waals surface area contributed by atoms with Gasteiger partial charge in [-0.05, 0) is 35.9 Å². The van der Waals surface area contributed by atoms with Gasteiger partial charge in [-0.25, -0.2) is 4.79 Å². The quantitative estimate of drug-likeness (QED) is 0.433. The Morgan fingerprint density at radius 1 is 0.846 bits per heavy atom. The Labute approximate surface area is 160 Å². The molecule has 0 heterocycles. The smallest absolute Gasteiger partial charge is 0.342 e. The number of benzene rings is 2. The van der Waals surface area contributed by atoms with Gasteiger partial charge in [0, 0.05) is 0 Å². The molecule has 26 heavy (non-hydrogen) atoms. The number of hydrogen-bond donors (Lipinski definition) is 1. The van der Waals surface area contributed by atoms with Crippen molar-refractivity contribution in [2.24, 2.45) is 0 Å². The molecule has 0 fully saturated rings. The maximum Gasteiger partial charge on any atom is 0.342 e. The molecule has 0 aliphatic carbocycles. The number of halogens is 3. The van der Waals surface area contributed by atoms with E-state index in [9.17, 15) is 29.8 Å². The van der Waals surface area contributed by atoms with Crippen LogP contribution in [0, 0.1) is 20.2 Å². The first-order valence-electron chi connectivity index (χ1n) is 6.36. The number of aromatic carboxylic acids is 1. The van der Waals surface area contributed by atoms with Crippen molar-refractivity contribution in [3.8, 4) is 0 Å². The Morgan fingerprint density at radius 2 is 1.23 bits per heavy atom. The Hall–Kier alpha value is -2.75. The molecule has 12 heteroatoms. The topological polar surface area (TPSA) is 141 Å². The number of carboxylic acid groups (broad SMARTS) is 1. The van der Waals surface area contributed by atoms with Crippen LogP contribution in [0.3, 0.4) is 0 Å². The summed E-state index contributed by atoms with van der Waals surface area (Å²) >= 11 is 16.1. The van der Waals surface area contributed by atoms with E-state index in [-0.39, 0.29) is 15.6 Å². The maximum absolute atomic E-state index is 10.7. The molecule has 2 rings (SSSR count). The predicted octanol–water partition coefficient (Wildman–Crippen LogP) is 4.57. The summed E-state index contributed by atoms with van der Waals surface area (Å²) in [7, 11) is 0. The van der Waals surface area contributed by atoms with Crippen molar-refractivity contribution in [2.45, 2.75) is 0 Å². The van der Waals surface area contributed by atoms with Crippen LogP contribution in [0.25, 0.3) is 0 Å². The molecule has 0 amide bonds. The molecule has 0 aliphatic heterocycles. The number of hydrogen-bond acceptors (Lipinski definition) is 6. The van der Waals surface area contributed by atoms with Gasteiger partial charge in [0.25, 0.3) is 10.9 Å². The number of rotatable bonds is 4. The molecule has 0 saturated carbocycles. The number of para-hydroxylation sites is 2. The van der Waals surface area contributed by atoms with Gasteiger partial charge < -0.3 is 5.11 Å². The fourth-order valence-electron chi connectivity index (χ4n) is 1.73. The summed E-state index contributed by atoms with van der Waals surface area (Å²) in [5, 5.41) is 28.3. The van der Waals surface area contributed by atoms with E-state index in [0.717, 1.165) is 6.07 Å². The first kappa shape index (κ1) is 21.3. The van der Waals surface area contributed by atoms with Crippen molar-refractivity contribution in [1.29, 1.82) is 0 Å². The summed E-state index contributed by atoms with van der Waals surface area (Å²) < 4.78 is 0. The van der Waals surface area contributed by atoms with Crippen molar-refractivity contribution in [3.63, 3.8) is 0 Å². The summed E-state index contributed by atoms with van der Waals surface area (Å²) in [5.74, 6) is -1.37. The molecule has 0 bridgehead atoms. The van der Waals surface area contributed by atoms with Crippen LogP contribution in [0.5, 0.6) is 0 Å². The van der Waals surface area contributed by atoms with Crippen molar-refractivity contribution >= 4 is 57.4 Å². The number of nitrogens with zero attached hydrogens (tertiary/aromatic N) is 2. The number of carbonyl (C=O) groups is 2. The van der Waals surface area contributed by atoms with Gasteiger partial charge in [-0.2, -0.15) is 0 Å². The zero-order valence-corrected chi connectivity index (χ0v) is 14.7. The number of carbonyl (C=O) groups excluding carboxylic acids is 1. The third-order valence-corrected chi connectivity index (χ3v) is 3.59. The highest BCUT2D eigenvalue weighted by atomic mass is 35.5. The van der Waals surface area contributed by atoms with Crippen LogP contribution in [0.2, 0.25) is 10.0 Å². The van der Waals surface area contributed by atoms with Gasteiger partial charge in [0.05, 0.1) is 9.85 Å². The average molecular weight is 422 g/mol. The monoisotopic (exact) mass is 420 g/mol. The second-order valence-corrected chi connectivity index (χ2v) is 5.52. The highest BCUT2D eigenvalue weighted by Crippen LogP contribution is 2.29. The van der Waals surface area contributed by atoms with E-state index in [1.807, 2.05) is 0 Å². The molecule has 2 aromatic rings. The van der Waals surface area contributed by atoms with Crippen LogP contribution in [0.4, 0.5) is 11.4 Å². The largest absolute Gasteiger partial charge is 0.477 e. The highest BCUT2D eigenvalue weighted by Gasteiger charge is 2.23. The Morgan fingerprint density at radius 3 is 1.50 bits per heavy atom. The van der Waals surface area contributed by atoms with Crippen molar-refractivity contribution in [2.75, 3.05) is 0 Å². The van der Waals surface area contributed by atoms with Gasteiger partial charge >= 0.3 is 11.7 Å². The van der Waals surface area contributed by atoms with Crippen molar-refractivity contribution < 1.29 is 24.5 Å². The van der Waals surface area contributed by atoms with Crippen LogP contribution in [0.1, 0.15) is 20.7 Å². The Bertz CT molecular complexity index is 829. The summed E-state index contributed by atoms with van der Waals surface area (Å²) in [6.45, 7) is 0. The predicted molar refractivity (Wildman–Crippen MR) is 93.4 cm³/mol. The summed E-state index contributed by atoms with van der Waals surface area (Å²) in [6.07, 6.45) is 0. The lowest BCUT2D eigenvalue weighted by molar-refractivity contribution is -0.385. The first-order chi connectivity index (χ1) is 12.1. The molecule has 1 N–H and O–H groups in total. The number of carboxylic acids is 1. The van der Waals surface area contributed by atoms with Crippen LogP contribution in [0.15, 0.2) is 36.4 Å². The zero-order chi connectivity index (χ0) is 20.0. The van der Waals surface area contributed by atoms with E-state index >= 15 is 0 Å². The van der Waals surface area contributed by atoms with Crippen molar-refractivity contribution in [1.82, 2.24) is 0 Å². The van der Waals surface area contributed by atoms with Gasteiger partial charge in [0.2, 0.25) is 0 Å². The summed E-state index contributed by atoms with van der Waals surface area (Å²) in [6, 6.07) is 7.74. The van der Waals surface area contributed by atoms with E-state index < -0.39 is 38.0 Å². The maximum atomic E-state index is 10.7. The third kappa shape index (κ3) is 5.12. The first-order valence-corrected chi connectivity index (χ1v) is 7.50. The van der Waals surface area contributed by atoms with E-state index in [1.54, 1.807) is 0 Å². The average Bonchev–Trinajstić information content (AvgIpc) is 2.54. The Balaban J connectivity index is 0.000000260. The summed E-state index contributed by atoms with van der Waals surface area (Å²) in [4.78, 5) is 40.6. The molecule has 0 spiro atoms. The number of nitro benzene ring substituents is 2. The van der Waals surface area contributed by atoms with Crippen LogP contribution in [-0.2, 0) is 0 Å². The summed E-state index contributed by atoms with van der Waals surface area (Å²) in [5.41, 5.74) is -1.63. The molecule has 2 aromatic carbocycles. The normalized spacial score (nSPS) is 9.65. The molecule has 0 unspecified atom stereocenters. The molecular formula is C14H7Cl3N2O7. The molecule has 0 atom stereocenters. The zero-order valence-electron chi connectivity index (χ0n) is 12.4. The molecule has 0 radical (unpaired) electrons. The standard InChI is InChI=1S/C7H3Cl2NO3.C7H4ClNO4/c8-5-3-1-2-4(7(9)11)6(5)10(12)13;8-5-3-1-2-4(7(10)11)6(5)9(12)13/h1-3H;1-3H,(H,10,11). The molecule has 0 saturated heterocycles. The second kappa shape index (κ2) is 9.09. The minimum absolute atomic E-state index is 0.100. The second-order valence-electron chi connectivity index (χ2n) is 4.37. The van der Waals surface area contributed by atoms with Crippen molar-refractivity contribution in [3.05, 3.63) is 77.8 Å². The molecular weight excluding hydrogens is 415 g/mol. The third-order valence-electron chi connectivity index (χ3n) is 2.78. The highest BCUT2D eigenvalue weighted by molar-refractivity contribution is 6.68. The Kier molecular flexibility index (Phi) is 7.44. The van der Waals surface area contributed by atoms with Gasteiger partial charge in [-0.1, -0.05) is 35.3 Å². The van der Waals surface area contributed by atoms with Crippen LogP contribution in [-0.4, -0.2) is 26.2 Å². The fraction of sp³-hybridized carbons (Fsp3) is 0. The lowest BCUT2D eigenvalue weighted by atomic mass is 10.2. The van der Waals surface area contributed by atoms with E-state index in [1.165, 1.54) is 30.3 Å². The molecule has 0 aromatic heterocycles. The van der Waals surface area contributed by atoms with E-state index in [4.69, 9.17) is 39.9 Å². The lowest BCUT2D eigenvalue weighted by Gasteiger charge is -1.98. The molecule has 136 valence electrons. The van der Waals surface area contributed by atoms with Crippen LogP contribution >= 0.6 is 34.8 Å². The van der Waals surface area contributed by atoms with Gasteiger partial charge in [-0.3, -0.25) is 25.0 Å². The number of nitro groups is 2. The fourth-order valence-corrected chi connectivity index (χ4v) is 2.37. The van der Waals surface area contributed by atoms with Crippen LogP contribution < -0.4 is 0 Å².